The highest BCUT2D eigenvalue weighted by atomic mass is 16.6. The smallest absolute Gasteiger partial charge is 0.344 e. The van der Waals surface area contributed by atoms with E-state index in [1.807, 2.05) is 18.2 Å². The van der Waals surface area contributed by atoms with Gasteiger partial charge in [-0.25, -0.2) is 4.79 Å². The van der Waals surface area contributed by atoms with E-state index < -0.39 is 5.97 Å². The number of esters is 1. The Labute approximate surface area is 172 Å². The van der Waals surface area contributed by atoms with Crippen molar-refractivity contribution in [1.29, 1.82) is 0 Å². The molecule has 0 aliphatic carbocycles. The highest BCUT2D eigenvalue weighted by Crippen LogP contribution is 2.39. The number of hydrogen-bond acceptors (Lipinski definition) is 7. The molecule has 1 N–H and O–H groups in total. The van der Waals surface area contributed by atoms with Crippen LogP contribution in [0.1, 0.15) is 41.0 Å². The molecule has 2 heterocycles. The molecule has 0 bridgehead atoms. The average Bonchev–Trinajstić information content (AvgIpc) is 2.76. The topological polar surface area (TPSA) is 110 Å². The summed E-state index contributed by atoms with van der Waals surface area (Å²) >= 11 is 0. The van der Waals surface area contributed by atoms with E-state index in [0.717, 1.165) is 16.8 Å². The van der Waals surface area contributed by atoms with Crippen molar-refractivity contribution in [1.82, 2.24) is 5.32 Å². The monoisotopic (exact) mass is 408 g/mol. The van der Waals surface area contributed by atoms with Gasteiger partial charge in [0.2, 0.25) is 0 Å². The van der Waals surface area contributed by atoms with Crippen LogP contribution in [0.4, 0.5) is 5.69 Å². The molecule has 0 saturated heterocycles. The quantitative estimate of drug-likeness (QED) is 0.447. The molecule has 9 nitrogen and oxygen atoms in total. The zero-order valence-corrected chi connectivity index (χ0v) is 16.3. The SMILES string of the molecule is CCOC(=O)COc1ccc(C2NC(=O)c3cccc4c3N2CC/C4=N\N=O)cc1. The van der Waals surface area contributed by atoms with Gasteiger partial charge < -0.3 is 19.7 Å². The summed E-state index contributed by atoms with van der Waals surface area (Å²) in [5.41, 5.74) is 3.47. The van der Waals surface area contributed by atoms with E-state index in [-0.39, 0.29) is 18.7 Å². The van der Waals surface area contributed by atoms with Crippen LogP contribution in [0.2, 0.25) is 0 Å². The first-order chi connectivity index (χ1) is 14.6. The van der Waals surface area contributed by atoms with E-state index in [4.69, 9.17) is 9.47 Å². The molecule has 0 saturated carbocycles. The number of nitrogens with one attached hydrogen (secondary N) is 1. The second-order valence-corrected chi connectivity index (χ2v) is 6.81. The first-order valence-electron chi connectivity index (χ1n) is 9.61. The third kappa shape index (κ3) is 3.61. The van der Waals surface area contributed by atoms with E-state index in [2.05, 4.69) is 20.6 Å². The minimum atomic E-state index is -0.430. The lowest BCUT2D eigenvalue weighted by atomic mass is 9.92. The second-order valence-electron chi connectivity index (χ2n) is 6.81. The molecule has 2 aliphatic rings. The molecule has 1 atom stereocenters. The van der Waals surface area contributed by atoms with Crippen LogP contribution in [0, 0.1) is 4.91 Å². The molecule has 0 aromatic heterocycles. The largest absolute Gasteiger partial charge is 0.482 e. The van der Waals surface area contributed by atoms with Gasteiger partial charge in [0.25, 0.3) is 5.91 Å². The molecule has 0 radical (unpaired) electrons. The first-order valence-corrected chi connectivity index (χ1v) is 9.61. The molecule has 154 valence electrons. The number of amides is 1. The van der Waals surface area contributed by atoms with Crippen LogP contribution < -0.4 is 15.0 Å². The maximum absolute atomic E-state index is 12.7. The maximum Gasteiger partial charge on any atom is 0.344 e. The number of para-hydroxylation sites is 1. The minimum absolute atomic E-state index is 0.164. The molecule has 2 aromatic carbocycles. The van der Waals surface area contributed by atoms with Gasteiger partial charge in [0, 0.05) is 18.5 Å². The maximum atomic E-state index is 12.7. The summed E-state index contributed by atoms with van der Waals surface area (Å²) in [5, 5.41) is 9.42. The van der Waals surface area contributed by atoms with Crippen LogP contribution in [-0.2, 0) is 9.53 Å². The predicted octanol–water partition coefficient (Wildman–Crippen LogP) is 2.75. The Bertz CT molecular complexity index is 1020. The summed E-state index contributed by atoms with van der Waals surface area (Å²) in [5.74, 6) is -0.0999. The Morgan fingerprint density at radius 2 is 1.97 bits per heavy atom. The number of benzene rings is 2. The first kappa shape index (κ1) is 19.6. The van der Waals surface area contributed by atoms with Crippen molar-refractivity contribution in [2.75, 3.05) is 24.7 Å². The van der Waals surface area contributed by atoms with E-state index in [0.29, 0.717) is 36.6 Å². The lowest BCUT2D eigenvalue weighted by Crippen LogP contribution is -2.49. The van der Waals surface area contributed by atoms with Crippen molar-refractivity contribution in [2.45, 2.75) is 19.5 Å². The Balaban J connectivity index is 1.60. The summed E-state index contributed by atoms with van der Waals surface area (Å²) in [7, 11) is 0. The summed E-state index contributed by atoms with van der Waals surface area (Å²) < 4.78 is 10.3. The number of nitroso groups, excluding NO2 is 1. The molecule has 0 spiro atoms. The van der Waals surface area contributed by atoms with Gasteiger partial charge in [-0.15, -0.1) is 10.0 Å². The van der Waals surface area contributed by atoms with Gasteiger partial charge in [0.15, 0.2) is 6.61 Å². The van der Waals surface area contributed by atoms with Gasteiger partial charge in [-0.3, -0.25) is 4.79 Å². The lowest BCUT2D eigenvalue weighted by Gasteiger charge is -2.42. The van der Waals surface area contributed by atoms with Crippen LogP contribution in [-0.4, -0.2) is 37.3 Å². The third-order valence-electron chi connectivity index (χ3n) is 5.07. The van der Waals surface area contributed by atoms with Gasteiger partial charge >= 0.3 is 5.97 Å². The molecule has 9 heteroatoms. The molecule has 2 aromatic rings. The zero-order chi connectivity index (χ0) is 21.1. The predicted molar refractivity (Wildman–Crippen MR) is 110 cm³/mol. The van der Waals surface area contributed by atoms with Crippen molar-refractivity contribution in [3.8, 4) is 5.75 Å². The van der Waals surface area contributed by atoms with Crippen molar-refractivity contribution >= 4 is 23.3 Å². The van der Waals surface area contributed by atoms with E-state index in [1.165, 1.54) is 0 Å². The van der Waals surface area contributed by atoms with Crippen LogP contribution in [0.15, 0.2) is 52.9 Å². The zero-order valence-electron chi connectivity index (χ0n) is 16.3. The van der Waals surface area contributed by atoms with E-state index >= 15 is 0 Å². The number of carbonyl (C=O) groups is 2. The Kier molecular flexibility index (Phi) is 5.42. The van der Waals surface area contributed by atoms with Gasteiger partial charge in [-0.05, 0) is 30.7 Å². The summed E-state index contributed by atoms with van der Waals surface area (Å²) in [6.45, 7) is 2.45. The highest BCUT2D eigenvalue weighted by molar-refractivity contribution is 6.13. The van der Waals surface area contributed by atoms with Crippen LogP contribution in [0.3, 0.4) is 0 Å². The summed E-state index contributed by atoms with van der Waals surface area (Å²) in [6, 6.07) is 12.5. The standard InChI is InChI=1S/C21H20N4O5/c1-2-29-18(26)12-30-14-8-6-13(7-9-14)20-22-21(27)16-5-3-4-15-17(23-24-28)10-11-25(20)19(15)16/h3-9,20H,2,10-12H2,1H3,(H,22,27)/b23-17+. The third-order valence-corrected chi connectivity index (χ3v) is 5.07. The highest BCUT2D eigenvalue weighted by Gasteiger charge is 2.37. The van der Waals surface area contributed by atoms with E-state index in [1.54, 1.807) is 31.2 Å². The van der Waals surface area contributed by atoms with Crippen LogP contribution in [0.5, 0.6) is 5.75 Å². The van der Waals surface area contributed by atoms with Crippen LogP contribution in [0.25, 0.3) is 0 Å². The second kappa shape index (κ2) is 8.32. The Morgan fingerprint density at radius 1 is 1.20 bits per heavy atom. The number of rotatable bonds is 6. The lowest BCUT2D eigenvalue weighted by molar-refractivity contribution is -0.145. The molecular weight excluding hydrogens is 388 g/mol. The molecule has 2 aliphatic heterocycles. The number of nitrogens with zero attached hydrogens (tertiary/aromatic N) is 3. The van der Waals surface area contributed by atoms with Gasteiger partial charge in [0.1, 0.15) is 11.9 Å². The van der Waals surface area contributed by atoms with Gasteiger partial charge in [-0.2, -0.15) is 0 Å². The number of hydrogen-bond donors (Lipinski definition) is 1. The summed E-state index contributed by atoms with van der Waals surface area (Å²) in [6.07, 6.45) is 0.158. The molecule has 4 rings (SSSR count). The molecular formula is C21H20N4O5. The summed E-state index contributed by atoms with van der Waals surface area (Å²) in [4.78, 5) is 36.9. The van der Waals surface area contributed by atoms with Crippen molar-refractivity contribution in [3.05, 3.63) is 64.1 Å². The van der Waals surface area contributed by atoms with E-state index in [9.17, 15) is 14.5 Å². The molecule has 0 fully saturated rings. The van der Waals surface area contributed by atoms with Gasteiger partial charge in [-0.1, -0.05) is 24.3 Å². The van der Waals surface area contributed by atoms with Crippen LogP contribution >= 0.6 is 0 Å². The fraction of sp³-hybridized carbons (Fsp3) is 0.286. The fourth-order valence-electron chi connectivity index (χ4n) is 3.79. The Hall–Kier alpha value is -3.75. The fourth-order valence-corrected chi connectivity index (χ4v) is 3.79. The minimum Gasteiger partial charge on any atom is -0.482 e. The number of ether oxygens (including phenoxy) is 2. The van der Waals surface area contributed by atoms with Crippen molar-refractivity contribution in [2.24, 2.45) is 10.4 Å². The Morgan fingerprint density at radius 3 is 2.70 bits per heavy atom. The molecule has 1 amide bonds. The average molecular weight is 408 g/mol. The molecule has 30 heavy (non-hydrogen) atoms. The van der Waals surface area contributed by atoms with Crippen molar-refractivity contribution < 1.29 is 19.1 Å². The number of anilines is 1. The normalized spacial score (nSPS) is 18.4. The molecule has 1 unspecified atom stereocenters. The van der Waals surface area contributed by atoms with Gasteiger partial charge in [0.05, 0.1) is 28.9 Å². The van der Waals surface area contributed by atoms with Crippen molar-refractivity contribution in [3.63, 3.8) is 0 Å². The number of carbonyl (C=O) groups excluding carboxylic acids is 2.